The molecule has 3 N–H and O–H groups in total. The maximum absolute atomic E-state index is 11.8. The van der Waals surface area contributed by atoms with E-state index in [0.717, 1.165) is 5.56 Å². The summed E-state index contributed by atoms with van der Waals surface area (Å²) in [6.07, 6.45) is 1.44. The third-order valence-corrected chi connectivity index (χ3v) is 3.82. The first kappa shape index (κ1) is 15.4. The maximum Gasteiger partial charge on any atom is 0.270 e. The molecule has 1 aromatic carbocycles. The Kier molecular flexibility index (Phi) is 4.56. The van der Waals surface area contributed by atoms with Gasteiger partial charge in [0.2, 0.25) is 10.0 Å². The number of hydrogen-bond acceptors (Lipinski definition) is 4. The highest BCUT2D eigenvalue weighted by Gasteiger charge is 2.09. The van der Waals surface area contributed by atoms with Crippen molar-refractivity contribution in [1.82, 2.24) is 10.3 Å². The van der Waals surface area contributed by atoms with Gasteiger partial charge >= 0.3 is 0 Å². The van der Waals surface area contributed by atoms with Gasteiger partial charge in [-0.1, -0.05) is 23.7 Å². The topological polar surface area (TPSA) is 102 Å². The summed E-state index contributed by atoms with van der Waals surface area (Å²) >= 11 is 5.78. The number of primary sulfonamides is 1. The lowest BCUT2D eigenvalue weighted by Gasteiger charge is -2.06. The van der Waals surface area contributed by atoms with Crippen molar-refractivity contribution in [1.29, 1.82) is 0 Å². The lowest BCUT2D eigenvalue weighted by atomic mass is 10.2. The summed E-state index contributed by atoms with van der Waals surface area (Å²) in [5.41, 5.74) is 0.946. The van der Waals surface area contributed by atoms with Crippen LogP contribution in [0, 0.1) is 0 Å². The number of pyridine rings is 1. The van der Waals surface area contributed by atoms with Gasteiger partial charge in [-0.3, -0.25) is 9.78 Å². The van der Waals surface area contributed by atoms with Crippen molar-refractivity contribution in [3.8, 4) is 0 Å². The fourth-order valence-corrected chi connectivity index (χ4v) is 2.27. The van der Waals surface area contributed by atoms with E-state index in [1.165, 1.54) is 24.4 Å². The number of carbonyl (C=O) groups excluding carboxylic acids is 1. The number of rotatable bonds is 4. The van der Waals surface area contributed by atoms with Crippen molar-refractivity contribution in [2.45, 2.75) is 11.4 Å². The van der Waals surface area contributed by atoms with E-state index in [-0.39, 0.29) is 23.0 Å². The Bertz CT molecular complexity index is 760. The van der Waals surface area contributed by atoms with Crippen molar-refractivity contribution in [2.75, 3.05) is 0 Å². The van der Waals surface area contributed by atoms with E-state index in [0.29, 0.717) is 5.02 Å². The largest absolute Gasteiger partial charge is 0.347 e. The van der Waals surface area contributed by atoms with Gasteiger partial charge in [-0.2, -0.15) is 0 Å². The second-order valence-electron chi connectivity index (χ2n) is 4.23. The first-order chi connectivity index (χ1) is 9.86. The number of aromatic nitrogens is 1. The molecule has 0 spiro atoms. The molecule has 0 aliphatic carbocycles. The molecule has 1 amide bonds. The minimum absolute atomic E-state index is 0.0223. The maximum atomic E-state index is 11.8. The van der Waals surface area contributed by atoms with Crippen LogP contribution in [0.4, 0.5) is 0 Å². The second-order valence-corrected chi connectivity index (χ2v) is 6.23. The molecular weight excluding hydrogens is 314 g/mol. The highest BCUT2D eigenvalue weighted by Crippen LogP contribution is 2.10. The molecule has 0 fully saturated rings. The number of carbonyl (C=O) groups is 1. The number of nitrogens with one attached hydrogen (secondary N) is 1. The summed E-state index contributed by atoms with van der Waals surface area (Å²) in [5.74, 6) is -0.368. The van der Waals surface area contributed by atoms with E-state index in [9.17, 15) is 13.2 Å². The van der Waals surface area contributed by atoms with Gasteiger partial charge in [-0.05, 0) is 29.8 Å². The van der Waals surface area contributed by atoms with Crippen LogP contribution in [-0.4, -0.2) is 19.3 Å². The molecule has 1 aromatic heterocycles. The molecular formula is C13H12ClN3O3S. The number of nitrogens with two attached hydrogens (primary N) is 1. The Morgan fingerprint density at radius 3 is 2.48 bits per heavy atom. The highest BCUT2D eigenvalue weighted by atomic mass is 35.5. The molecule has 0 unspecified atom stereocenters. The molecule has 2 rings (SSSR count). The first-order valence-electron chi connectivity index (χ1n) is 5.88. The molecule has 0 saturated heterocycles. The molecule has 8 heteroatoms. The van der Waals surface area contributed by atoms with Crippen LogP contribution >= 0.6 is 11.6 Å². The van der Waals surface area contributed by atoms with Crippen LogP contribution in [0.2, 0.25) is 5.02 Å². The normalized spacial score (nSPS) is 11.1. The van der Waals surface area contributed by atoms with Crippen LogP contribution in [-0.2, 0) is 16.6 Å². The molecule has 0 atom stereocenters. The molecule has 21 heavy (non-hydrogen) atoms. The first-order valence-corrected chi connectivity index (χ1v) is 7.80. The molecule has 2 aromatic rings. The summed E-state index contributed by atoms with van der Waals surface area (Å²) in [4.78, 5) is 15.8. The van der Waals surface area contributed by atoms with Crippen molar-refractivity contribution in [3.05, 3.63) is 58.9 Å². The van der Waals surface area contributed by atoms with Crippen molar-refractivity contribution in [3.63, 3.8) is 0 Å². The summed E-state index contributed by atoms with van der Waals surface area (Å²) in [6.45, 7) is 0.234. The van der Waals surface area contributed by atoms with E-state index in [1.54, 1.807) is 18.2 Å². The summed E-state index contributed by atoms with van der Waals surface area (Å²) in [7, 11) is -3.71. The van der Waals surface area contributed by atoms with E-state index in [2.05, 4.69) is 10.3 Å². The predicted molar refractivity (Wildman–Crippen MR) is 78.2 cm³/mol. The molecule has 0 aliphatic heterocycles. The number of benzene rings is 1. The molecule has 0 radical (unpaired) electrons. The number of nitrogens with zero attached hydrogens (tertiary/aromatic N) is 1. The minimum atomic E-state index is -3.71. The van der Waals surface area contributed by atoms with Gasteiger partial charge in [0, 0.05) is 17.8 Å². The van der Waals surface area contributed by atoms with Crippen LogP contribution in [0.25, 0.3) is 0 Å². The van der Waals surface area contributed by atoms with Gasteiger partial charge in [0.05, 0.1) is 4.90 Å². The molecule has 0 bridgehead atoms. The van der Waals surface area contributed by atoms with Crippen LogP contribution in [0.15, 0.2) is 47.5 Å². The van der Waals surface area contributed by atoms with Crippen molar-refractivity contribution in [2.24, 2.45) is 5.14 Å². The van der Waals surface area contributed by atoms with E-state index in [4.69, 9.17) is 16.7 Å². The Morgan fingerprint density at radius 1 is 1.24 bits per heavy atom. The average molecular weight is 326 g/mol. The van der Waals surface area contributed by atoms with Gasteiger partial charge in [-0.25, -0.2) is 13.6 Å². The zero-order chi connectivity index (χ0) is 15.5. The highest BCUT2D eigenvalue weighted by molar-refractivity contribution is 7.89. The Labute approximate surface area is 127 Å². The van der Waals surface area contributed by atoms with Crippen molar-refractivity contribution < 1.29 is 13.2 Å². The molecule has 1 heterocycles. The predicted octanol–water partition coefficient (Wildman–Crippen LogP) is 1.31. The lowest BCUT2D eigenvalue weighted by molar-refractivity contribution is 0.0946. The zero-order valence-corrected chi connectivity index (χ0v) is 12.4. The van der Waals surface area contributed by atoms with Crippen LogP contribution in [0.3, 0.4) is 0 Å². The van der Waals surface area contributed by atoms with Gasteiger partial charge in [0.25, 0.3) is 5.91 Å². The van der Waals surface area contributed by atoms with Gasteiger partial charge < -0.3 is 5.32 Å². The molecule has 0 saturated carbocycles. The monoisotopic (exact) mass is 325 g/mol. The van der Waals surface area contributed by atoms with Gasteiger partial charge in [0.15, 0.2) is 0 Å². The fourth-order valence-electron chi connectivity index (χ4n) is 1.60. The van der Waals surface area contributed by atoms with Crippen LogP contribution in [0.1, 0.15) is 16.1 Å². The standard InChI is InChI=1S/C13H12ClN3O3S/c14-10-5-6-16-12(7-10)13(18)17-8-9-1-3-11(4-2-9)21(15,19)20/h1-7H,8H2,(H,17,18)(H2,15,19,20). The molecule has 6 nitrogen and oxygen atoms in total. The van der Waals surface area contributed by atoms with Gasteiger partial charge in [-0.15, -0.1) is 0 Å². The van der Waals surface area contributed by atoms with E-state index < -0.39 is 10.0 Å². The molecule has 0 aliphatic rings. The molecule has 110 valence electrons. The third-order valence-electron chi connectivity index (χ3n) is 2.66. The average Bonchev–Trinajstić information content (AvgIpc) is 2.44. The Morgan fingerprint density at radius 2 is 1.90 bits per heavy atom. The quantitative estimate of drug-likeness (QED) is 0.884. The Hall–Kier alpha value is -1.96. The van der Waals surface area contributed by atoms with Crippen molar-refractivity contribution >= 4 is 27.5 Å². The second kappa shape index (κ2) is 6.21. The summed E-state index contributed by atoms with van der Waals surface area (Å²) in [5, 5.41) is 8.08. The van der Waals surface area contributed by atoms with Gasteiger partial charge in [0.1, 0.15) is 5.69 Å². The Balaban J connectivity index is 2.02. The van der Waals surface area contributed by atoms with Crippen LogP contribution < -0.4 is 10.5 Å². The van der Waals surface area contributed by atoms with E-state index in [1.807, 2.05) is 0 Å². The number of amides is 1. The fraction of sp³-hybridized carbons (Fsp3) is 0.0769. The lowest BCUT2D eigenvalue weighted by Crippen LogP contribution is -2.23. The summed E-state index contributed by atoms with van der Waals surface area (Å²) in [6, 6.07) is 8.95. The number of halogens is 1. The minimum Gasteiger partial charge on any atom is -0.347 e. The summed E-state index contributed by atoms with van der Waals surface area (Å²) < 4.78 is 22.2. The SMILES string of the molecule is NS(=O)(=O)c1ccc(CNC(=O)c2cc(Cl)ccn2)cc1. The number of sulfonamides is 1. The third kappa shape index (κ3) is 4.25. The zero-order valence-electron chi connectivity index (χ0n) is 10.8. The smallest absolute Gasteiger partial charge is 0.270 e. The van der Waals surface area contributed by atoms with E-state index >= 15 is 0 Å². The van der Waals surface area contributed by atoms with Crippen LogP contribution in [0.5, 0.6) is 0 Å². The number of hydrogen-bond donors (Lipinski definition) is 2.